The van der Waals surface area contributed by atoms with Crippen molar-refractivity contribution in [1.29, 1.82) is 0 Å². The van der Waals surface area contributed by atoms with Crippen LogP contribution in [-0.2, 0) is 11.2 Å². The lowest BCUT2D eigenvalue weighted by atomic mass is 9.94. The van der Waals surface area contributed by atoms with Gasteiger partial charge in [-0.15, -0.1) is 0 Å². The van der Waals surface area contributed by atoms with Crippen molar-refractivity contribution in [2.24, 2.45) is 11.0 Å². The third kappa shape index (κ3) is 5.34. The molecule has 2 unspecified atom stereocenters. The molecule has 180 valence electrons. The Morgan fingerprint density at radius 3 is 2.91 bits per heavy atom. The summed E-state index contributed by atoms with van der Waals surface area (Å²) in [5, 5.41) is 20.0. The molecule has 0 bridgehead atoms. The molecule has 3 aromatic carbocycles. The summed E-state index contributed by atoms with van der Waals surface area (Å²) in [5.41, 5.74) is 6.23. The fourth-order valence-corrected chi connectivity index (χ4v) is 4.38. The van der Waals surface area contributed by atoms with Gasteiger partial charge in [-0.25, -0.2) is 10.4 Å². The molecule has 4 N–H and O–H groups in total. The van der Waals surface area contributed by atoms with E-state index in [4.69, 9.17) is 9.72 Å². The number of benzene rings is 3. The third-order valence-electron chi connectivity index (χ3n) is 6.19. The average Bonchev–Trinajstić information content (AvgIpc) is 3.27. The molecule has 0 aliphatic carbocycles. The van der Waals surface area contributed by atoms with Crippen molar-refractivity contribution in [3.05, 3.63) is 72.1 Å². The second kappa shape index (κ2) is 10.2. The molecule has 8 nitrogen and oxygen atoms in total. The first-order chi connectivity index (χ1) is 17.1. The molecular formula is C27H29N5O3. The van der Waals surface area contributed by atoms with Gasteiger partial charge in [0.25, 0.3) is 0 Å². The van der Waals surface area contributed by atoms with E-state index < -0.39 is 6.10 Å². The van der Waals surface area contributed by atoms with Gasteiger partial charge in [-0.3, -0.25) is 4.79 Å². The van der Waals surface area contributed by atoms with Gasteiger partial charge in [0, 0.05) is 42.8 Å². The summed E-state index contributed by atoms with van der Waals surface area (Å²) < 4.78 is 5.87. The number of rotatable bonds is 9. The number of H-pyrrole nitrogens is 1. The van der Waals surface area contributed by atoms with Crippen LogP contribution in [0.2, 0.25) is 0 Å². The number of carbonyl (C=O) groups is 1. The van der Waals surface area contributed by atoms with Gasteiger partial charge in [0.15, 0.2) is 0 Å². The van der Waals surface area contributed by atoms with Crippen LogP contribution in [-0.4, -0.2) is 52.5 Å². The highest BCUT2D eigenvalue weighted by molar-refractivity contribution is 6.07. The molecule has 0 saturated carbocycles. The molecule has 8 heteroatoms. The Kier molecular flexibility index (Phi) is 6.74. The van der Waals surface area contributed by atoms with E-state index in [-0.39, 0.29) is 18.4 Å². The number of aliphatic hydroxyl groups excluding tert-OH is 1. The molecule has 35 heavy (non-hydrogen) atoms. The fraction of sp³-hybridized carbons (Fsp3) is 0.296. The van der Waals surface area contributed by atoms with Gasteiger partial charge < -0.3 is 20.1 Å². The maximum absolute atomic E-state index is 11.5. The van der Waals surface area contributed by atoms with E-state index in [0.717, 1.165) is 44.7 Å². The minimum atomic E-state index is -0.619. The highest BCUT2D eigenvalue weighted by atomic mass is 16.5. The largest absolute Gasteiger partial charge is 0.490 e. The van der Waals surface area contributed by atoms with Gasteiger partial charge in [-0.2, -0.15) is 5.10 Å². The first kappa shape index (κ1) is 23.0. The van der Waals surface area contributed by atoms with E-state index in [1.165, 1.54) is 0 Å². The summed E-state index contributed by atoms with van der Waals surface area (Å²) in [5.74, 6) is 1.67. The van der Waals surface area contributed by atoms with Crippen molar-refractivity contribution < 1.29 is 14.6 Å². The van der Waals surface area contributed by atoms with Crippen LogP contribution in [0.1, 0.15) is 24.7 Å². The number of nitrogens with zero attached hydrogens (tertiary/aromatic N) is 2. The number of fused-ring (bicyclic) bond motifs is 2. The Morgan fingerprint density at radius 2 is 2.03 bits per heavy atom. The molecule has 0 fully saturated rings. The maximum Gasteiger partial charge on any atom is 0.240 e. The molecule has 1 aliphatic rings. The summed E-state index contributed by atoms with van der Waals surface area (Å²) in [6.45, 7) is 3.33. The number of hydrogen-bond donors (Lipinski definition) is 4. The van der Waals surface area contributed by atoms with Gasteiger partial charge >= 0.3 is 0 Å². The Labute approximate surface area is 203 Å². The van der Waals surface area contributed by atoms with E-state index in [9.17, 15) is 9.90 Å². The van der Waals surface area contributed by atoms with Crippen molar-refractivity contribution in [1.82, 2.24) is 20.7 Å². The Morgan fingerprint density at radius 1 is 1.17 bits per heavy atom. The number of imidazole rings is 1. The summed E-state index contributed by atoms with van der Waals surface area (Å²) >= 11 is 0. The number of aliphatic hydroxyl groups is 1. The number of aromatic nitrogens is 2. The summed E-state index contributed by atoms with van der Waals surface area (Å²) in [6.07, 6.45) is 0.521. The molecule has 5 rings (SSSR count). The van der Waals surface area contributed by atoms with Crippen LogP contribution in [0.3, 0.4) is 0 Å². The van der Waals surface area contributed by atoms with Gasteiger partial charge in [-0.05, 0) is 23.6 Å². The van der Waals surface area contributed by atoms with E-state index >= 15 is 0 Å². The minimum Gasteiger partial charge on any atom is -0.490 e. The fourth-order valence-electron chi connectivity index (χ4n) is 4.38. The molecule has 4 aromatic rings. The van der Waals surface area contributed by atoms with E-state index in [1.54, 1.807) is 0 Å². The number of aromatic amines is 1. The SMILES string of the molecule is CC1CC(=O)NN=C1c1ccc2[nH]c(CCNCC(O)COc3cccc4ccccc34)nc2c1. The Balaban J connectivity index is 1.11. The summed E-state index contributed by atoms with van der Waals surface area (Å²) in [4.78, 5) is 19.6. The molecule has 2 atom stereocenters. The van der Waals surface area contributed by atoms with Crippen molar-refractivity contribution in [2.45, 2.75) is 25.9 Å². The maximum atomic E-state index is 11.5. The van der Waals surface area contributed by atoms with Crippen LogP contribution in [0.5, 0.6) is 5.75 Å². The number of carbonyl (C=O) groups excluding carboxylic acids is 1. The van der Waals surface area contributed by atoms with Gasteiger partial charge in [0.2, 0.25) is 5.91 Å². The van der Waals surface area contributed by atoms with E-state index in [0.29, 0.717) is 25.9 Å². The van der Waals surface area contributed by atoms with Crippen molar-refractivity contribution in [2.75, 3.05) is 19.7 Å². The topological polar surface area (TPSA) is 112 Å². The van der Waals surface area contributed by atoms with E-state index in [1.807, 2.05) is 67.6 Å². The lowest BCUT2D eigenvalue weighted by molar-refractivity contribution is -0.121. The van der Waals surface area contributed by atoms with Crippen LogP contribution in [0.15, 0.2) is 65.8 Å². The lowest BCUT2D eigenvalue weighted by Gasteiger charge is -2.18. The molecule has 2 heterocycles. The second-order valence-corrected chi connectivity index (χ2v) is 8.95. The second-order valence-electron chi connectivity index (χ2n) is 8.95. The van der Waals surface area contributed by atoms with Gasteiger partial charge in [-0.1, -0.05) is 49.4 Å². The monoisotopic (exact) mass is 471 g/mol. The first-order valence-corrected chi connectivity index (χ1v) is 11.9. The van der Waals surface area contributed by atoms with Crippen LogP contribution >= 0.6 is 0 Å². The predicted octanol–water partition coefficient (Wildman–Crippen LogP) is 3.15. The Bertz CT molecular complexity index is 1370. The lowest BCUT2D eigenvalue weighted by Crippen LogP contribution is -2.32. The summed E-state index contributed by atoms with van der Waals surface area (Å²) in [7, 11) is 0. The molecule has 1 aliphatic heterocycles. The van der Waals surface area contributed by atoms with Crippen LogP contribution in [0.25, 0.3) is 21.8 Å². The van der Waals surface area contributed by atoms with Gasteiger partial charge in [0.1, 0.15) is 24.3 Å². The van der Waals surface area contributed by atoms with Crippen molar-refractivity contribution in [3.8, 4) is 5.75 Å². The number of nitrogens with one attached hydrogen (secondary N) is 3. The Hall–Kier alpha value is -3.75. The zero-order valence-electron chi connectivity index (χ0n) is 19.6. The number of amides is 1. The first-order valence-electron chi connectivity index (χ1n) is 11.9. The van der Waals surface area contributed by atoms with Crippen molar-refractivity contribution >= 4 is 33.4 Å². The number of hydrazone groups is 1. The third-order valence-corrected chi connectivity index (χ3v) is 6.19. The predicted molar refractivity (Wildman–Crippen MR) is 137 cm³/mol. The van der Waals surface area contributed by atoms with Crippen molar-refractivity contribution in [3.63, 3.8) is 0 Å². The van der Waals surface area contributed by atoms with Crippen LogP contribution < -0.4 is 15.5 Å². The molecule has 1 amide bonds. The minimum absolute atomic E-state index is 0.0536. The zero-order chi connectivity index (χ0) is 24.2. The standard InChI is InChI=1S/C27H29N5O3/c1-17-13-26(34)31-32-27(17)19-9-10-22-23(14-19)30-25(29-22)11-12-28-15-20(33)16-35-24-8-4-6-18-5-2-3-7-21(18)24/h2-10,14,17,20,28,33H,11-13,15-16H2,1H3,(H,29,30)(H,31,34). The molecule has 0 saturated heterocycles. The zero-order valence-corrected chi connectivity index (χ0v) is 19.6. The highest BCUT2D eigenvalue weighted by Gasteiger charge is 2.22. The molecule has 0 radical (unpaired) electrons. The van der Waals surface area contributed by atoms with Gasteiger partial charge in [0.05, 0.1) is 16.7 Å². The summed E-state index contributed by atoms with van der Waals surface area (Å²) in [6, 6.07) is 20.0. The molecule has 1 aromatic heterocycles. The molecule has 0 spiro atoms. The van der Waals surface area contributed by atoms with E-state index in [2.05, 4.69) is 20.8 Å². The quantitative estimate of drug-likeness (QED) is 0.280. The highest BCUT2D eigenvalue weighted by Crippen LogP contribution is 2.25. The smallest absolute Gasteiger partial charge is 0.240 e. The average molecular weight is 472 g/mol. The number of ether oxygens (including phenoxy) is 1. The van der Waals surface area contributed by atoms with Crippen LogP contribution in [0, 0.1) is 5.92 Å². The normalized spacial score (nSPS) is 16.8. The van der Waals surface area contributed by atoms with Crippen LogP contribution in [0.4, 0.5) is 0 Å². The molecular weight excluding hydrogens is 442 g/mol. The number of hydrogen-bond acceptors (Lipinski definition) is 6.